The number of nitrogens with zero attached hydrogens (tertiary/aromatic N) is 1. The molecule has 0 aromatic heterocycles. The number of likely N-dealkylation sites (N-methyl/N-ethyl adjacent to an activating group) is 1. The Labute approximate surface area is 131 Å². The number of benzene rings is 1. The fourth-order valence-electron chi connectivity index (χ4n) is 2.06. The van der Waals surface area contributed by atoms with Gasteiger partial charge in [0.1, 0.15) is 10.7 Å². The first-order chi connectivity index (χ1) is 9.71. The van der Waals surface area contributed by atoms with E-state index in [0.717, 1.165) is 12.1 Å². The van der Waals surface area contributed by atoms with Crippen molar-refractivity contribution in [2.75, 3.05) is 20.3 Å². The van der Waals surface area contributed by atoms with E-state index < -0.39 is 31.2 Å². The van der Waals surface area contributed by atoms with E-state index in [1.807, 2.05) is 0 Å². The van der Waals surface area contributed by atoms with Gasteiger partial charge in [-0.05, 0) is 18.6 Å². The lowest BCUT2D eigenvalue weighted by Gasteiger charge is -2.23. The molecule has 0 N–H and O–H groups in total. The first-order valence-electron chi connectivity index (χ1n) is 6.00. The molecule has 0 aliphatic carbocycles. The van der Waals surface area contributed by atoms with E-state index in [4.69, 9.17) is 27.0 Å². The Hall–Kier alpha value is -0.890. The number of carbonyl (C=O) groups excluding carboxylic acids is 1. The summed E-state index contributed by atoms with van der Waals surface area (Å²) in [5.74, 6) is -1.55. The van der Waals surface area contributed by atoms with Gasteiger partial charge < -0.3 is 9.64 Å². The molecule has 1 amide bonds. The third kappa shape index (κ3) is 3.48. The molecule has 1 unspecified atom stereocenters. The van der Waals surface area contributed by atoms with E-state index in [9.17, 15) is 17.6 Å². The van der Waals surface area contributed by atoms with Gasteiger partial charge in [-0.15, -0.1) is 0 Å². The van der Waals surface area contributed by atoms with Crippen molar-refractivity contribution in [1.29, 1.82) is 0 Å². The Bertz CT molecular complexity index is 674. The van der Waals surface area contributed by atoms with Gasteiger partial charge in [0.05, 0.1) is 23.2 Å². The minimum atomic E-state index is -4.17. The first kappa shape index (κ1) is 16.5. The van der Waals surface area contributed by atoms with E-state index in [0.29, 0.717) is 19.6 Å². The van der Waals surface area contributed by atoms with Crippen LogP contribution in [-0.4, -0.2) is 45.5 Å². The zero-order chi connectivity index (χ0) is 15.8. The van der Waals surface area contributed by atoms with Crippen LogP contribution in [0.3, 0.4) is 0 Å². The van der Waals surface area contributed by atoms with Gasteiger partial charge in [-0.1, -0.05) is 11.6 Å². The maximum atomic E-state index is 13.9. The lowest BCUT2D eigenvalue weighted by molar-refractivity contribution is 0.0706. The highest BCUT2D eigenvalue weighted by Crippen LogP contribution is 2.28. The van der Waals surface area contributed by atoms with Crippen LogP contribution in [0.15, 0.2) is 17.0 Å². The summed E-state index contributed by atoms with van der Waals surface area (Å²) in [5.41, 5.74) is -0.395. The molecule has 1 atom stereocenters. The minimum absolute atomic E-state index is 0.177. The van der Waals surface area contributed by atoms with Crippen molar-refractivity contribution in [2.45, 2.75) is 17.4 Å². The molecule has 1 aliphatic rings. The molecule has 0 bridgehead atoms. The Kier molecular flexibility index (Phi) is 4.77. The highest BCUT2D eigenvalue weighted by atomic mass is 35.7. The molecule has 9 heteroatoms. The van der Waals surface area contributed by atoms with E-state index in [1.54, 1.807) is 0 Å². The number of hydrogen-bond donors (Lipinski definition) is 0. The van der Waals surface area contributed by atoms with Crippen LogP contribution in [-0.2, 0) is 13.8 Å². The van der Waals surface area contributed by atoms with E-state index >= 15 is 0 Å². The number of ether oxygens (including phenoxy) is 1. The van der Waals surface area contributed by atoms with Crippen molar-refractivity contribution in [3.8, 4) is 0 Å². The summed E-state index contributed by atoms with van der Waals surface area (Å²) >= 11 is 5.65. The van der Waals surface area contributed by atoms with Crippen molar-refractivity contribution in [3.05, 3.63) is 28.5 Å². The Morgan fingerprint density at radius 1 is 1.48 bits per heavy atom. The fraction of sp³-hybridized carbons (Fsp3) is 0.417. The molecule has 1 aliphatic heterocycles. The molecule has 1 aromatic carbocycles. The van der Waals surface area contributed by atoms with E-state index in [-0.39, 0.29) is 11.1 Å². The van der Waals surface area contributed by atoms with Gasteiger partial charge in [0, 0.05) is 24.3 Å². The number of amides is 1. The molecule has 21 heavy (non-hydrogen) atoms. The molecule has 1 heterocycles. The number of rotatable bonds is 3. The van der Waals surface area contributed by atoms with Crippen LogP contribution in [0, 0.1) is 5.82 Å². The molecule has 1 fully saturated rings. The second kappa shape index (κ2) is 6.08. The molecule has 1 saturated heterocycles. The van der Waals surface area contributed by atoms with Gasteiger partial charge in [-0.2, -0.15) is 0 Å². The van der Waals surface area contributed by atoms with Gasteiger partial charge in [0.2, 0.25) is 0 Å². The van der Waals surface area contributed by atoms with Gasteiger partial charge in [-0.3, -0.25) is 4.79 Å². The monoisotopic (exact) mass is 355 g/mol. The molecular formula is C12H12Cl2FNO4S. The molecule has 2 rings (SSSR count). The van der Waals surface area contributed by atoms with Crippen LogP contribution in [0.4, 0.5) is 4.39 Å². The quantitative estimate of drug-likeness (QED) is 0.780. The van der Waals surface area contributed by atoms with E-state index in [1.165, 1.54) is 11.9 Å². The van der Waals surface area contributed by atoms with Crippen molar-refractivity contribution in [1.82, 2.24) is 4.90 Å². The summed E-state index contributed by atoms with van der Waals surface area (Å²) < 4.78 is 41.8. The first-order valence-corrected chi connectivity index (χ1v) is 8.69. The van der Waals surface area contributed by atoms with Crippen molar-refractivity contribution >= 4 is 37.2 Å². The lowest BCUT2D eigenvalue weighted by atomic mass is 10.1. The van der Waals surface area contributed by atoms with Gasteiger partial charge in [0.25, 0.3) is 15.0 Å². The van der Waals surface area contributed by atoms with Gasteiger partial charge in [-0.25, -0.2) is 12.8 Å². The summed E-state index contributed by atoms with van der Waals surface area (Å²) in [6, 6.07) is 1.45. The molecule has 0 saturated carbocycles. The SMILES string of the molecule is CN(C(=O)c1cc(S(=O)(=O)Cl)c(Cl)cc1F)C1CCOC1. The normalized spacial score (nSPS) is 18.8. The second-order valence-corrected chi connectivity index (χ2v) is 7.58. The van der Waals surface area contributed by atoms with Crippen LogP contribution in [0.5, 0.6) is 0 Å². The molecular weight excluding hydrogens is 344 g/mol. The average Bonchev–Trinajstić information content (AvgIpc) is 2.89. The Balaban J connectivity index is 2.41. The zero-order valence-electron chi connectivity index (χ0n) is 11.0. The van der Waals surface area contributed by atoms with Gasteiger partial charge >= 0.3 is 0 Å². The topological polar surface area (TPSA) is 63.7 Å². The standard InChI is InChI=1S/C12H12Cl2FNO4S/c1-16(7-2-3-20-6-7)12(17)8-4-11(21(14,18)19)9(13)5-10(8)15/h4-5,7H,2-3,6H2,1H3. The summed E-state index contributed by atoms with van der Waals surface area (Å²) in [6.45, 7) is 0.880. The van der Waals surface area contributed by atoms with Crippen LogP contribution in [0.1, 0.15) is 16.8 Å². The zero-order valence-corrected chi connectivity index (χ0v) is 13.3. The van der Waals surface area contributed by atoms with Crippen LogP contribution >= 0.6 is 22.3 Å². The van der Waals surface area contributed by atoms with E-state index in [2.05, 4.69) is 0 Å². The maximum absolute atomic E-state index is 13.9. The number of carbonyl (C=O) groups is 1. The number of halogens is 3. The number of hydrogen-bond acceptors (Lipinski definition) is 4. The predicted molar refractivity (Wildman–Crippen MR) is 75.8 cm³/mol. The third-order valence-corrected chi connectivity index (χ3v) is 5.07. The summed E-state index contributed by atoms with van der Waals surface area (Å²) in [4.78, 5) is 13.1. The van der Waals surface area contributed by atoms with Crippen LogP contribution < -0.4 is 0 Å². The van der Waals surface area contributed by atoms with Crippen molar-refractivity contribution < 1.29 is 22.3 Å². The Morgan fingerprint density at radius 3 is 2.67 bits per heavy atom. The maximum Gasteiger partial charge on any atom is 0.262 e. The molecule has 116 valence electrons. The highest BCUT2D eigenvalue weighted by molar-refractivity contribution is 8.13. The predicted octanol–water partition coefficient (Wildman–Crippen LogP) is 2.27. The molecule has 0 spiro atoms. The summed E-state index contributed by atoms with van der Waals surface area (Å²) in [5, 5.41) is -0.370. The van der Waals surface area contributed by atoms with Crippen LogP contribution in [0.25, 0.3) is 0 Å². The second-order valence-electron chi connectivity index (χ2n) is 4.63. The lowest BCUT2D eigenvalue weighted by Crippen LogP contribution is -2.37. The smallest absolute Gasteiger partial charge is 0.262 e. The highest BCUT2D eigenvalue weighted by Gasteiger charge is 2.28. The summed E-state index contributed by atoms with van der Waals surface area (Å²) in [6.07, 6.45) is 0.637. The minimum Gasteiger partial charge on any atom is -0.379 e. The summed E-state index contributed by atoms with van der Waals surface area (Å²) in [7, 11) is 2.55. The molecule has 1 aromatic rings. The molecule has 0 radical (unpaired) electrons. The Morgan fingerprint density at radius 2 is 2.14 bits per heavy atom. The third-order valence-electron chi connectivity index (χ3n) is 3.29. The van der Waals surface area contributed by atoms with Gasteiger partial charge in [0.15, 0.2) is 0 Å². The molecule has 5 nitrogen and oxygen atoms in total. The van der Waals surface area contributed by atoms with Crippen molar-refractivity contribution in [2.24, 2.45) is 0 Å². The van der Waals surface area contributed by atoms with Crippen LogP contribution in [0.2, 0.25) is 5.02 Å². The average molecular weight is 356 g/mol. The largest absolute Gasteiger partial charge is 0.379 e. The van der Waals surface area contributed by atoms with Crippen molar-refractivity contribution in [3.63, 3.8) is 0 Å². The fourth-order valence-corrected chi connectivity index (χ4v) is 3.57.